The van der Waals surface area contributed by atoms with Crippen LogP contribution in [0.3, 0.4) is 0 Å². The Labute approximate surface area is 157 Å². The molecule has 2 aromatic carbocycles. The molecule has 0 aliphatic rings. The first-order valence-corrected chi connectivity index (χ1v) is 8.51. The van der Waals surface area contributed by atoms with E-state index < -0.39 is 0 Å². The first-order chi connectivity index (χ1) is 12.4. The first kappa shape index (κ1) is 20.0. The number of carbonyl (C=O) groups is 1. The number of hydrogen-bond donors (Lipinski definition) is 1. The highest BCUT2D eigenvalue weighted by Gasteiger charge is 2.18. The number of hydrogen-bond acceptors (Lipinski definition) is 4. The molecule has 140 valence electrons. The van der Waals surface area contributed by atoms with E-state index in [0.717, 1.165) is 0 Å². The largest absolute Gasteiger partial charge is 0.495 e. The van der Waals surface area contributed by atoms with Crippen LogP contribution >= 0.6 is 11.6 Å². The van der Waals surface area contributed by atoms with E-state index in [4.69, 9.17) is 21.1 Å². The second kappa shape index (κ2) is 9.40. The van der Waals surface area contributed by atoms with E-state index in [1.165, 1.54) is 19.2 Å². The molecule has 0 heterocycles. The molecule has 1 amide bonds. The fraction of sp³-hybridized carbons (Fsp3) is 0.316. The first-order valence-electron chi connectivity index (χ1n) is 8.13. The van der Waals surface area contributed by atoms with Crippen molar-refractivity contribution in [3.63, 3.8) is 0 Å². The number of carbonyl (C=O) groups excluding carboxylic acids is 1. The van der Waals surface area contributed by atoms with Crippen LogP contribution < -0.4 is 14.8 Å². The highest BCUT2D eigenvalue weighted by Crippen LogP contribution is 2.27. The molecule has 1 N–H and O–H groups in total. The van der Waals surface area contributed by atoms with Gasteiger partial charge in [-0.15, -0.1) is 0 Å². The summed E-state index contributed by atoms with van der Waals surface area (Å²) in [7, 11) is 3.36. The number of nitrogens with one attached hydrogen (secondary N) is 1. The van der Waals surface area contributed by atoms with Gasteiger partial charge in [0, 0.05) is 12.2 Å². The van der Waals surface area contributed by atoms with Crippen LogP contribution in [0.2, 0.25) is 5.02 Å². The number of ether oxygens (including phenoxy) is 2. The quantitative estimate of drug-likeness (QED) is 0.756. The zero-order valence-electron chi connectivity index (χ0n) is 15.0. The van der Waals surface area contributed by atoms with Crippen LogP contribution in [0.5, 0.6) is 11.5 Å². The molecule has 2 rings (SSSR count). The SMILES string of the molecule is COc1ccc(NC(=O)C(C)N(C)CCOc2ccc(F)cc2)cc1Cl. The lowest BCUT2D eigenvalue weighted by molar-refractivity contribution is -0.120. The number of rotatable bonds is 8. The van der Waals surface area contributed by atoms with Gasteiger partial charge < -0.3 is 14.8 Å². The van der Waals surface area contributed by atoms with Crippen molar-refractivity contribution in [3.8, 4) is 11.5 Å². The van der Waals surface area contributed by atoms with Crippen molar-refractivity contribution < 1.29 is 18.7 Å². The summed E-state index contributed by atoms with van der Waals surface area (Å²) in [4.78, 5) is 14.2. The van der Waals surface area contributed by atoms with Gasteiger partial charge in [-0.1, -0.05) is 11.6 Å². The third kappa shape index (κ3) is 5.61. The Balaban J connectivity index is 1.82. The van der Waals surface area contributed by atoms with Crippen molar-refractivity contribution in [1.29, 1.82) is 0 Å². The van der Waals surface area contributed by atoms with Gasteiger partial charge in [-0.3, -0.25) is 9.69 Å². The second-order valence-corrected chi connectivity index (χ2v) is 6.20. The minimum Gasteiger partial charge on any atom is -0.495 e. The van der Waals surface area contributed by atoms with Crippen LogP contribution in [0.25, 0.3) is 0 Å². The minimum atomic E-state index is -0.368. The zero-order valence-corrected chi connectivity index (χ0v) is 15.7. The molecular formula is C19H22ClFN2O3. The molecule has 0 spiro atoms. The van der Waals surface area contributed by atoms with Gasteiger partial charge in [0.1, 0.15) is 23.9 Å². The lowest BCUT2D eigenvalue weighted by atomic mass is 10.2. The van der Waals surface area contributed by atoms with Gasteiger partial charge in [0.2, 0.25) is 5.91 Å². The summed E-state index contributed by atoms with van der Waals surface area (Å²) < 4.78 is 23.5. The van der Waals surface area contributed by atoms with E-state index in [1.54, 1.807) is 37.3 Å². The average molecular weight is 381 g/mol. The molecule has 0 aliphatic heterocycles. The molecule has 1 atom stereocenters. The van der Waals surface area contributed by atoms with Crippen LogP contribution in [0.1, 0.15) is 6.92 Å². The number of halogens is 2. The maximum absolute atomic E-state index is 12.9. The molecule has 5 nitrogen and oxygen atoms in total. The molecule has 0 radical (unpaired) electrons. The van der Waals surface area contributed by atoms with Crippen molar-refractivity contribution in [2.45, 2.75) is 13.0 Å². The van der Waals surface area contributed by atoms with Crippen molar-refractivity contribution in [1.82, 2.24) is 4.90 Å². The number of methoxy groups -OCH3 is 1. The predicted molar refractivity (Wildman–Crippen MR) is 101 cm³/mol. The zero-order chi connectivity index (χ0) is 19.1. The highest BCUT2D eigenvalue weighted by molar-refractivity contribution is 6.32. The van der Waals surface area contributed by atoms with Crippen LogP contribution in [0, 0.1) is 5.82 Å². The molecule has 2 aromatic rings. The van der Waals surface area contributed by atoms with Gasteiger partial charge in [0.05, 0.1) is 18.2 Å². The summed E-state index contributed by atoms with van der Waals surface area (Å²) in [5, 5.41) is 3.26. The van der Waals surface area contributed by atoms with E-state index >= 15 is 0 Å². The fourth-order valence-corrected chi connectivity index (χ4v) is 2.48. The summed E-state index contributed by atoms with van der Waals surface area (Å²) in [6.45, 7) is 2.72. The molecule has 0 aromatic heterocycles. The van der Waals surface area contributed by atoms with E-state index in [2.05, 4.69) is 5.32 Å². The van der Waals surface area contributed by atoms with E-state index in [1.807, 2.05) is 11.9 Å². The minimum absolute atomic E-state index is 0.157. The van der Waals surface area contributed by atoms with Gasteiger partial charge in [0.25, 0.3) is 0 Å². The molecule has 0 saturated carbocycles. The van der Waals surface area contributed by atoms with Crippen molar-refractivity contribution in [2.75, 3.05) is 32.6 Å². The molecule has 0 fully saturated rings. The smallest absolute Gasteiger partial charge is 0.241 e. The summed E-state index contributed by atoms with van der Waals surface area (Å²) in [5.41, 5.74) is 0.601. The van der Waals surface area contributed by atoms with E-state index in [0.29, 0.717) is 35.4 Å². The monoisotopic (exact) mass is 380 g/mol. The fourth-order valence-electron chi connectivity index (χ4n) is 2.22. The van der Waals surface area contributed by atoms with Gasteiger partial charge in [-0.25, -0.2) is 4.39 Å². The number of benzene rings is 2. The van der Waals surface area contributed by atoms with E-state index in [-0.39, 0.29) is 17.8 Å². The Kier molecular flexibility index (Phi) is 7.24. The summed E-state index contributed by atoms with van der Waals surface area (Å²) in [5.74, 6) is 0.673. The number of anilines is 1. The Hall–Kier alpha value is -2.31. The molecule has 0 aliphatic carbocycles. The average Bonchev–Trinajstić information content (AvgIpc) is 2.62. The topological polar surface area (TPSA) is 50.8 Å². The Morgan fingerprint density at radius 1 is 1.27 bits per heavy atom. The summed E-state index contributed by atoms with van der Waals surface area (Å²) in [6.07, 6.45) is 0. The summed E-state index contributed by atoms with van der Waals surface area (Å²) in [6, 6.07) is 10.5. The Morgan fingerprint density at radius 3 is 2.58 bits per heavy atom. The Morgan fingerprint density at radius 2 is 1.96 bits per heavy atom. The highest BCUT2D eigenvalue weighted by atomic mass is 35.5. The van der Waals surface area contributed by atoms with Crippen molar-refractivity contribution >= 4 is 23.2 Å². The molecular weight excluding hydrogens is 359 g/mol. The molecule has 0 saturated heterocycles. The van der Waals surface area contributed by atoms with E-state index in [9.17, 15) is 9.18 Å². The van der Waals surface area contributed by atoms with Crippen LogP contribution in [-0.4, -0.2) is 44.2 Å². The van der Waals surface area contributed by atoms with Crippen LogP contribution in [0.15, 0.2) is 42.5 Å². The molecule has 7 heteroatoms. The van der Waals surface area contributed by atoms with Gasteiger partial charge >= 0.3 is 0 Å². The molecule has 0 bridgehead atoms. The Bertz CT molecular complexity index is 740. The van der Waals surface area contributed by atoms with Crippen LogP contribution in [-0.2, 0) is 4.79 Å². The lowest BCUT2D eigenvalue weighted by Crippen LogP contribution is -2.41. The maximum atomic E-state index is 12.9. The summed E-state index contributed by atoms with van der Waals surface area (Å²) >= 11 is 6.06. The van der Waals surface area contributed by atoms with Crippen molar-refractivity contribution in [3.05, 3.63) is 53.3 Å². The number of likely N-dealkylation sites (N-methyl/N-ethyl adjacent to an activating group) is 1. The lowest BCUT2D eigenvalue weighted by Gasteiger charge is -2.24. The molecule has 1 unspecified atom stereocenters. The molecule has 26 heavy (non-hydrogen) atoms. The van der Waals surface area contributed by atoms with Gasteiger partial charge in [-0.2, -0.15) is 0 Å². The third-order valence-electron chi connectivity index (χ3n) is 3.99. The third-order valence-corrected chi connectivity index (χ3v) is 4.28. The van der Waals surface area contributed by atoms with Gasteiger partial charge in [-0.05, 0) is 56.4 Å². The van der Waals surface area contributed by atoms with Crippen LogP contribution in [0.4, 0.5) is 10.1 Å². The van der Waals surface area contributed by atoms with Gasteiger partial charge in [0.15, 0.2) is 0 Å². The number of nitrogens with zero attached hydrogens (tertiary/aromatic N) is 1. The normalized spacial score (nSPS) is 11.9. The predicted octanol–water partition coefficient (Wildman–Crippen LogP) is 3.83. The second-order valence-electron chi connectivity index (χ2n) is 5.80. The standard InChI is InChI=1S/C19H22ClFN2O3/c1-13(19(24)22-15-6-9-18(25-3)17(20)12-15)23(2)10-11-26-16-7-4-14(21)5-8-16/h4-9,12-13H,10-11H2,1-3H3,(H,22,24). The van der Waals surface area contributed by atoms with Crippen molar-refractivity contribution in [2.24, 2.45) is 0 Å². The maximum Gasteiger partial charge on any atom is 0.241 e. The number of amides is 1.